The van der Waals surface area contributed by atoms with Gasteiger partial charge < -0.3 is 9.42 Å². The Kier molecular flexibility index (Phi) is 3.59. The van der Waals surface area contributed by atoms with Gasteiger partial charge in [-0.25, -0.2) is 0 Å². The van der Waals surface area contributed by atoms with Crippen LogP contribution in [0.3, 0.4) is 0 Å². The van der Waals surface area contributed by atoms with Gasteiger partial charge in [-0.15, -0.1) is 11.3 Å². The highest BCUT2D eigenvalue weighted by Gasteiger charge is 2.39. The van der Waals surface area contributed by atoms with Crippen LogP contribution in [-0.4, -0.2) is 30.1 Å². The van der Waals surface area contributed by atoms with E-state index in [1.807, 2.05) is 0 Å². The molecule has 0 fully saturated rings. The second kappa shape index (κ2) is 4.93. The lowest BCUT2D eigenvalue weighted by Crippen LogP contribution is -2.20. The molecule has 8 heteroatoms. The molecule has 0 N–H and O–H groups in total. The molecule has 2 aromatic rings. The third-order valence-corrected chi connectivity index (χ3v) is 3.72. The number of rotatable bonds is 2. The van der Waals surface area contributed by atoms with E-state index < -0.39 is 11.9 Å². The van der Waals surface area contributed by atoms with E-state index in [-0.39, 0.29) is 17.2 Å². The normalized spacial score (nSPS) is 11.7. The van der Waals surface area contributed by atoms with Crippen molar-refractivity contribution in [3.8, 4) is 10.6 Å². The highest BCUT2D eigenvalue weighted by atomic mass is 32.1. The fourth-order valence-corrected chi connectivity index (χ4v) is 2.70. The first-order valence-electron chi connectivity index (χ1n) is 5.57. The van der Waals surface area contributed by atoms with Crippen molar-refractivity contribution in [2.24, 2.45) is 0 Å². The summed E-state index contributed by atoms with van der Waals surface area (Å²) in [7, 11) is 3.20. The van der Waals surface area contributed by atoms with E-state index in [0.29, 0.717) is 9.75 Å². The van der Waals surface area contributed by atoms with Crippen LogP contribution in [0.15, 0.2) is 16.7 Å². The summed E-state index contributed by atoms with van der Waals surface area (Å²) in [6.07, 6.45) is -4.57. The van der Waals surface area contributed by atoms with Gasteiger partial charge in [0, 0.05) is 19.7 Å². The number of alkyl halides is 3. The van der Waals surface area contributed by atoms with Crippen LogP contribution in [0, 0.1) is 6.92 Å². The van der Waals surface area contributed by atoms with Crippen molar-refractivity contribution >= 4 is 17.2 Å². The molecule has 0 aliphatic heterocycles. The third-order valence-electron chi connectivity index (χ3n) is 2.64. The summed E-state index contributed by atoms with van der Waals surface area (Å²) in [6, 6.07) is 3.12. The summed E-state index contributed by atoms with van der Waals surface area (Å²) in [6.45, 7) is 1.29. The van der Waals surface area contributed by atoms with E-state index in [1.54, 1.807) is 26.2 Å². The summed E-state index contributed by atoms with van der Waals surface area (Å²) in [4.78, 5) is 14.0. The number of amides is 1. The van der Waals surface area contributed by atoms with Crippen LogP contribution in [0.2, 0.25) is 0 Å². The molecular formula is C12H11F3N2O2S. The summed E-state index contributed by atoms with van der Waals surface area (Å²) in [5.41, 5.74) is 0.0309. The van der Waals surface area contributed by atoms with Crippen molar-refractivity contribution in [3.63, 3.8) is 0 Å². The second-order valence-corrected chi connectivity index (χ2v) is 5.43. The predicted molar refractivity (Wildman–Crippen MR) is 67.6 cm³/mol. The topological polar surface area (TPSA) is 46.3 Å². The van der Waals surface area contributed by atoms with Crippen molar-refractivity contribution in [1.82, 2.24) is 10.1 Å². The molecule has 0 atom stereocenters. The van der Waals surface area contributed by atoms with E-state index >= 15 is 0 Å². The van der Waals surface area contributed by atoms with Crippen molar-refractivity contribution in [3.05, 3.63) is 28.3 Å². The maximum atomic E-state index is 12.6. The van der Waals surface area contributed by atoms with Gasteiger partial charge in [0.1, 0.15) is 5.69 Å². The van der Waals surface area contributed by atoms with Crippen molar-refractivity contribution in [2.75, 3.05) is 14.1 Å². The molecule has 0 saturated carbocycles. The minimum atomic E-state index is -4.57. The number of thiophene rings is 1. The van der Waals surface area contributed by atoms with E-state index in [4.69, 9.17) is 0 Å². The molecule has 2 heterocycles. The van der Waals surface area contributed by atoms with Crippen LogP contribution in [0.4, 0.5) is 13.2 Å². The van der Waals surface area contributed by atoms with Crippen LogP contribution in [0.25, 0.3) is 10.6 Å². The van der Waals surface area contributed by atoms with Gasteiger partial charge in [-0.3, -0.25) is 4.79 Å². The molecule has 0 aliphatic rings. The maximum absolute atomic E-state index is 12.6. The minimum Gasteiger partial charge on any atom is -0.351 e. The predicted octanol–water partition coefficient (Wildman–Crippen LogP) is 3.43. The van der Waals surface area contributed by atoms with Gasteiger partial charge in [-0.1, -0.05) is 5.16 Å². The fraction of sp³-hybridized carbons (Fsp3) is 0.333. The van der Waals surface area contributed by atoms with Gasteiger partial charge in [0.15, 0.2) is 0 Å². The summed E-state index contributed by atoms with van der Waals surface area (Å²) < 4.78 is 42.2. The van der Waals surface area contributed by atoms with Crippen molar-refractivity contribution in [1.29, 1.82) is 0 Å². The van der Waals surface area contributed by atoms with Gasteiger partial charge in [0.25, 0.3) is 5.91 Å². The van der Waals surface area contributed by atoms with E-state index in [2.05, 4.69) is 9.68 Å². The average molecular weight is 304 g/mol. The zero-order valence-corrected chi connectivity index (χ0v) is 11.7. The Balaban J connectivity index is 2.39. The third kappa shape index (κ3) is 2.55. The SMILES string of the molecule is Cc1c(-c2ccc(C(=O)N(C)C)s2)noc1C(F)(F)F. The van der Waals surface area contributed by atoms with Crippen LogP contribution >= 0.6 is 11.3 Å². The standard InChI is InChI=1S/C12H11F3N2O2S/c1-6-9(16-19-10(6)12(13,14)15)7-4-5-8(20-7)11(18)17(2)3/h4-5H,1-3H3. The molecule has 0 bridgehead atoms. The molecule has 4 nitrogen and oxygen atoms in total. The minimum absolute atomic E-state index is 0.0804. The van der Waals surface area contributed by atoms with Gasteiger partial charge in [-0.05, 0) is 19.1 Å². The monoisotopic (exact) mass is 304 g/mol. The molecule has 0 radical (unpaired) electrons. The first-order chi connectivity index (χ1) is 9.21. The lowest BCUT2D eigenvalue weighted by atomic mass is 10.2. The average Bonchev–Trinajstić information content (AvgIpc) is 2.92. The molecule has 0 aliphatic carbocycles. The van der Waals surface area contributed by atoms with Crippen LogP contribution in [-0.2, 0) is 6.18 Å². The van der Waals surface area contributed by atoms with Gasteiger partial charge >= 0.3 is 6.18 Å². The van der Waals surface area contributed by atoms with Crippen molar-refractivity contribution in [2.45, 2.75) is 13.1 Å². The van der Waals surface area contributed by atoms with E-state index in [0.717, 1.165) is 11.3 Å². The quantitative estimate of drug-likeness (QED) is 0.854. The highest BCUT2D eigenvalue weighted by molar-refractivity contribution is 7.17. The Morgan fingerprint density at radius 3 is 2.50 bits per heavy atom. The van der Waals surface area contributed by atoms with Gasteiger partial charge in [0.2, 0.25) is 5.76 Å². The number of carbonyl (C=O) groups excluding carboxylic acids is 1. The number of aromatic nitrogens is 1. The smallest absolute Gasteiger partial charge is 0.351 e. The molecule has 2 rings (SSSR count). The van der Waals surface area contributed by atoms with Crippen LogP contribution in [0.1, 0.15) is 21.0 Å². The summed E-state index contributed by atoms with van der Waals surface area (Å²) in [5.74, 6) is -1.32. The lowest BCUT2D eigenvalue weighted by molar-refractivity contribution is -0.156. The maximum Gasteiger partial charge on any atom is 0.452 e. The Morgan fingerprint density at radius 2 is 2.00 bits per heavy atom. The number of hydrogen-bond donors (Lipinski definition) is 0. The van der Waals surface area contributed by atoms with Crippen molar-refractivity contribution < 1.29 is 22.5 Å². The number of carbonyl (C=O) groups is 1. The molecular weight excluding hydrogens is 293 g/mol. The molecule has 0 spiro atoms. The summed E-state index contributed by atoms with van der Waals surface area (Å²) >= 11 is 1.08. The number of halogens is 3. The molecule has 2 aromatic heterocycles. The molecule has 108 valence electrons. The Bertz CT molecular complexity index is 643. The van der Waals surface area contributed by atoms with Crippen LogP contribution in [0.5, 0.6) is 0 Å². The number of hydrogen-bond acceptors (Lipinski definition) is 4. The van der Waals surface area contributed by atoms with E-state index in [1.165, 1.54) is 11.8 Å². The zero-order valence-electron chi connectivity index (χ0n) is 10.9. The first-order valence-corrected chi connectivity index (χ1v) is 6.38. The second-order valence-electron chi connectivity index (χ2n) is 4.35. The highest BCUT2D eigenvalue weighted by Crippen LogP contribution is 2.38. The molecule has 20 heavy (non-hydrogen) atoms. The fourth-order valence-electron chi connectivity index (χ4n) is 1.63. The van der Waals surface area contributed by atoms with Gasteiger partial charge in [0.05, 0.1) is 9.75 Å². The molecule has 0 saturated heterocycles. The Labute approximate surface area is 116 Å². The van der Waals surface area contributed by atoms with E-state index in [9.17, 15) is 18.0 Å². The summed E-state index contributed by atoms with van der Waals surface area (Å²) in [5, 5.41) is 3.46. The largest absolute Gasteiger partial charge is 0.452 e. The first kappa shape index (κ1) is 14.6. The van der Waals surface area contributed by atoms with Crippen LogP contribution < -0.4 is 0 Å². The zero-order chi connectivity index (χ0) is 15.1. The lowest BCUT2D eigenvalue weighted by Gasteiger charge is -2.07. The van der Waals surface area contributed by atoms with Gasteiger partial charge in [-0.2, -0.15) is 13.2 Å². The Morgan fingerprint density at radius 1 is 1.35 bits per heavy atom. The molecule has 0 aromatic carbocycles. The number of nitrogens with zero attached hydrogens (tertiary/aromatic N) is 2. The molecule has 0 unspecified atom stereocenters. The Hall–Kier alpha value is -1.83. The molecule has 1 amide bonds.